The number of fused-ring (bicyclic) bond motifs is 1. The van der Waals surface area contributed by atoms with Gasteiger partial charge in [-0.3, -0.25) is 9.88 Å². The Morgan fingerprint density at radius 2 is 1.75 bits per heavy atom. The van der Waals surface area contributed by atoms with Crippen molar-refractivity contribution in [3.8, 4) is 23.0 Å². The first kappa shape index (κ1) is 21.7. The van der Waals surface area contributed by atoms with E-state index in [-0.39, 0.29) is 0 Å². The number of benzene rings is 2. The van der Waals surface area contributed by atoms with E-state index in [2.05, 4.69) is 4.98 Å². The van der Waals surface area contributed by atoms with Gasteiger partial charge in [0, 0.05) is 24.2 Å². The first-order chi connectivity index (χ1) is 15.4. The molecule has 2 aromatic carbocycles. The second-order valence-corrected chi connectivity index (χ2v) is 8.16. The van der Waals surface area contributed by atoms with Crippen molar-refractivity contribution in [2.45, 2.75) is 33.1 Å². The average Bonchev–Trinajstić information content (AvgIpc) is 2.76. The maximum Gasteiger partial charge on any atom is 0.411 e. The predicted octanol–water partition coefficient (Wildman–Crippen LogP) is 5.95. The molecule has 0 saturated heterocycles. The number of nitrogens with zero attached hydrogens (tertiary/aromatic N) is 2. The van der Waals surface area contributed by atoms with Crippen LogP contribution in [-0.4, -0.2) is 36.9 Å². The van der Waals surface area contributed by atoms with Crippen LogP contribution in [0.5, 0.6) is 23.0 Å². The molecule has 1 aliphatic carbocycles. The molecule has 0 spiro atoms. The van der Waals surface area contributed by atoms with Crippen LogP contribution in [0.4, 0.5) is 10.5 Å². The van der Waals surface area contributed by atoms with Gasteiger partial charge in [0.2, 0.25) is 0 Å². The molecule has 0 aliphatic heterocycles. The number of hydrogen-bond donors (Lipinski definition) is 1. The third kappa shape index (κ3) is 4.02. The summed E-state index contributed by atoms with van der Waals surface area (Å²) < 4.78 is 17.1. The van der Waals surface area contributed by atoms with E-state index >= 15 is 0 Å². The molecule has 32 heavy (non-hydrogen) atoms. The third-order valence-corrected chi connectivity index (χ3v) is 6.32. The molecular formula is C25H28N2O5. The molecule has 4 rings (SSSR count). The fourth-order valence-corrected chi connectivity index (χ4v) is 4.05. The number of rotatable bonds is 7. The molecule has 0 unspecified atom stereocenters. The van der Waals surface area contributed by atoms with Crippen molar-refractivity contribution in [1.82, 2.24) is 4.98 Å². The Bertz CT molecular complexity index is 1160. The van der Waals surface area contributed by atoms with E-state index in [0.717, 1.165) is 34.9 Å². The first-order valence-corrected chi connectivity index (χ1v) is 10.7. The Morgan fingerprint density at radius 1 is 1.03 bits per heavy atom. The zero-order chi connectivity index (χ0) is 22.8. The lowest BCUT2D eigenvalue weighted by atomic mass is 9.85. The van der Waals surface area contributed by atoms with Crippen molar-refractivity contribution in [1.29, 1.82) is 0 Å². The Morgan fingerprint density at radius 3 is 2.38 bits per heavy atom. The van der Waals surface area contributed by atoms with E-state index in [4.69, 9.17) is 14.2 Å². The average molecular weight is 437 g/mol. The SMILES string of the molecule is COc1cc2nccc(Oc3ccc(N(CC4CCC4)C(=O)O)c(C)c3C)c2cc1OC. The van der Waals surface area contributed by atoms with Crippen molar-refractivity contribution < 1.29 is 24.1 Å². The van der Waals surface area contributed by atoms with Crippen molar-refractivity contribution in [2.75, 3.05) is 25.7 Å². The number of anilines is 1. The molecule has 1 aromatic heterocycles. The number of aromatic nitrogens is 1. The quantitative estimate of drug-likeness (QED) is 0.493. The summed E-state index contributed by atoms with van der Waals surface area (Å²) in [6, 6.07) is 9.13. The van der Waals surface area contributed by atoms with Crippen molar-refractivity contribution in [2.24, 2.45) is 5.92 Å². The van der Waals surface area contributed by atoms with Crippen LogP contribution in [0.25, 0.3) is 10.9 Å². The second-order valence-electron chi connectivity index (χ2n) is 8.16. The Balaban J connectivity index is 1.68. The molecule has 1 saturated carbocycles. The lowest BCUT2D eigenvalue weighted by Crippen LogP contribution is -2.37. The van der Waals surface area contributed by atoms with Crippen LogP contribution in [0.3, 0.4) is 0 Å². The lowest BCUT2D eigenvalue weighted by molar-refractivity contribution is 0.197. The van der Waals surface area contributed by atoms with E-state index in [1.165, 1.54) is 11.3 Å². The topological polar surface area (TPSA) is 81.1 Å². The predicted molar refractivity (Wildman–Crippen MR) is 124 cm³/mol. The largest absolute Gasteiger partial charge is 0.493 e. The summed E-state index contributed by atoms with van der Waals surface area (Å²) in [7, 11) is 3.17. The van der Waals surface area contributed by atoms with Gasteiger partial charge in [-0.1, -0.05) is 6.42 Å². The van der Waals surface area contributed by atoms with Gasteiger partial charge in [-0.25, -0.2) is 4.79 Å². The Hall–Kier alpha value is -3.48. The molecule has 1 amide bonds. The highest BCUT2D eigenvalue weighted by atomic mass is 16.5. The summed E-state index contributed by atoms with van der Waals surface area (Å²) in [4.78, 5) is 17.8. The number of carbonyl (C=O) groups is 1. The maximum absolute atomic E-state index is 11.9. The molecule has 0 radical (unpaired) electrons. The number of hydrogen-bond acceptors (Lipinski definition) is 5. The second kappa shape index (κ2) is 8.94. The van der Waals surface area contributed by atoms with Gasteiger partial charge < -0.3 is 19.3 Å². The Labute approximate surface area is 187 Å². The van der Waals surface area contributed by atoms with Gasteiger partial charge in [-0.15, -0.1) is 0 Å². The van der Waals surface area contributed by atoms with E-state index in [0.29, 0.717) is 41.1 Å². The molecule has 0 atom stereocenters. The highest BCUT2D eigenvalue weighted by Crippen LogP contribution is 2.39. The van der Waals surface area contributed by atoms with Crippen molar-refractivity contribution in [3.63, 3.8) is 0 Å². The molecule has 1 fully saturated rings. The summed E-state index contributed by atoms with van der Waals surface area (Å²) in [5.41, 5.74) is 3.22. The molecule has 1 heterocycles. The molecule has 1 aliphatic rings. The van der Waals surface area contributed by atoms with Crippen LogP contribution in [0.1, 0.15) is 30.4 Å². The number of ether oxygens (including phenoxy) is 3. The van der Waals surface area contributed by atoms with Gasteiger partial charge in [-0.2, -0.15) is 0 Å². The van der Waals surface area contributed by atoms with Crippen LogP contribution >= 0.6 is 0 Å². The van der Waals surface area contributed by atoms with E-state index < -0.39 is 6.09 Å². The highest BCUT2D eigenvalue weighted by Gasteiger charge is 2.26. The number of carboxylic acid groups (broad SMARTS) is 1. The molecule has 168 valence electrons. The summed E-state index contributed by atoms with van der Waals surface area (Å²) in [6.07, 6.45) is 4.12. The third-order valence-electron chi connectivity index (χ3n) is 6.32. The van der Waals surface area contributed by atoms with E-state index in [1.807, 2.05) is 38.1 Å². The van der Waals surface area contributed by atoms with Gasteiger partial charge in [0.05, 0.1) is 25.4 Å². The van der Waals surface area contributed by atoms with Gasteiger partial charge in [0.1, 0.15) is 11.5 Å². The minimum atomic E-state index is -0.922. The molecule has 7 heteroatoms. The van der Waals surface area contributed by atoms with Gasteiger partial charge in [0.15, 0.2) is 11.5 Å². The van der Waals surface area contributed by atoms with Crippen LogP contribution in [0.15, 0.2) is 36.5 Å². The lowest BCUT2D eigenvalue weighted by Gasteiger charge is -2.32. The van der Waals surface area contributed by atoms with Crippen LogP contribution in [0.2, 0.25) is 0 Å². The molecular weight excluding hydrogens is 408 g/mol. The zero-order valence-electron chi connectivity index (χ0n) is 18.8. The zero-order valence-corrected chi connectivity index (χ0v) is 18.8. The van der Waals surface area contributed by atoms with Gasteiger partial charge in [0.25, 0.3) is 0 Å². The number of pyridine rings is 1. The normalized spacial score (nSPS) is 13.5. The number of amides is 1. The fraction of sp³-hybridized carbons (Fsp3) is 0.360. The van der Waals surface area contributed by atoms with Crippen LogP contribution in [-0.2, 0) is 0 Å². The maximum atomic E-state index is 11.9. The summed E-state index contributed by atoms with van der Waals surface area (Å²) >= 11 is 0. The minimum absolute atomic E-state index is 0.442. The fourth-order valence-electron chi connectivity index (χ4n) is 4.05. The number of methoxy groups -OCH3 is 2. The van der Waals surface area contributed by atoms with E-state index in [9.17, 15) is 9.90 Å². The molecule has 0 bridgehead atoms. The molecule has 3 aromatic rings. The van der Waals surface area contributed by atoms with Crippen LogP contribution in [0, 0.1) is 19.8 Å². The highest BCUT2D eigenvalue weighted by molar-refractivity contribution is 5.89. The summed E-state index contributed by atoms with van der Waals surface area (Å²) in [5.74, 6) is 2.94. The summed E-state index contributed by atoms with van der Waals surface area (Å²) in [5, 5.41) is 10.6. The smallest absolute Gasteiger partial charge is 0.411 e. The minimum Gasteiger partial charge on any atom is -0.493 e. The standard InChI is InChI=1S/C25H28N2O5/c1-15-16(2)21(9-8-20(15)27(25(28)29)14-17-6-5-7-17)32-22-10-11-26-19-13-24(31-4)23(30-3)12-18(19)22/h8-13,17H,5-7,14H2,1-4H3,(H,28,29). The van der Waals surface area contributed by atoms with E-state index in [1.54, 1.807) is 26.5 Å². The first-order valence-electron chi connectivity index (χ1n) is 10.7. The van der Waals surface area contributed by atoms with Crippen molar-refractivity contribution in [3.05, 3.63) is 47.7 Å². The molecule has 1 N–H and O–H groups in total. The van der Waals surface area contributed by atoms with Gasteiger partial charge in [-0.05, 0) is 68.0 Å². The summed E-state index contributed by atoms with van der Waals surface area (Å²) in [6.45, 7) is 4.42. The van der Waals surface area contributed by atoms with Gasteiger partial charge >= 0.3 is 6.09 Å². The molecule has 7 nitrogen and oxygen atoms in total. The monoisotopic (exact) mass is 436 g/mol. The Kier molecular flexibility index (Phi) is 6.08. The van der Waals surface area contributed by atoms with Crippen molar-refractivity contribution >= 4 is 22.7 Å². The van der Waals surface area contributed by atoms with Crippen LogP contribution < -0.4 is 19.1 Å².